The number of aliphatic carboxylic acids is 1. The van der Waals surface area contributed by atoms with E-state index in [9.17, 15) is 4.79 Å². The molecule has 1 aromatic heterocycles. The number of hydrogen-bond donors (Lipinski definition) is 1. The second-order valence-electron chi connectivity index (χ2n) is 4.29. The summed E-state index contributed by atoms with van der Waals surface area (Å²) in [5.41, 5.74) is 1.91. The first-order valence-corrected chi connectivity index (χ1v) is 6.90. The number of carboxylic acid groups (broad SMARTS) is 1. The van der Waals surface area contributed by atoms with E-state index < -0.39 is 5.97 Å². The standard InChI is InChI=1S/C14H13NO3S/c1-18-9-4-5-11-10(7-9)14-12(3-2-6-19-14)15(11)8-13(16)17/h2-5,7H,6,8H2,1H3,(H,16,17). The van der Waals surface area contributed by atoms with Crippen molar-refractivity contribution in [1.82, 2.24) is 4.57 Å². The first-order chi connectivity index (χ1) is 9.20. The van der Waals surface area contributed by atoms with Crippen molar-refractivity contribution in [2.45, 2.75) is 11.4 Å². The molecule has 0 bridgehead atoms. The molecule has 0 amide bonds. The number of ether oxygens (including phenoxy) is 1. The predicted molar refractivity (Wildman–Crippen MR) is 75.9 cm³/mol. The molecule has 4 nitrogen and oxygen atoms in total. The lowest BCUT2D eigenvalue weighted by atomic mass is 10.2. The third-order valence-electron chi connectivity index (χ3n) is 3.16. The summed E-state index contributed by atoms with van der Waals surface area (Å²) in [7, 11) is 1.63. The molecule has 19 heavy (non-hydrogen) atoms. The van der Waals surface area contributed by atoms with Gasteiger partial charge in [0.05, 0.1) is 18.3 Å². The van der Waals surface area contributed by atoms with Crippen LogP contribution in [0.1, 0.15) is 5.69 Å². The van der Waals surface area contributed by atoms with Crippen LogP contribution in [0.4, 0.5) is 0 Å². The minimum Gasteiger partial charge on any atom is -0.497 e. The van der Waals surface area contributed by atoms with E-state index in [0.29, 0.717) is 0 Å². The highest BCUT2D eigenvalue weighted by Gasteiger charge is 2.19. The van der Waals surface area contributed by atoms with Gasteiger partial charge in [-0.1, -0.05) is 6.08 Å². The summed E-state index contributed by atoms with van der Waals surface area (Å²) in [4.78, 5) is 12.2. The number of nitrogens with zero attached hydrogens (tertiary/aromatic N) is 1. The number of carboxylic acids is 1. The molecule has 1 aliphatic heterocycles. The molecule has 5 heteroatoms. The number of fused-ring (bicyclic) bond motifs is 3. The van der Waals surface area contributed by atoms with Gasteiger partial charge in [0.25, 0.3) is 0 Å². The number of hydrogen-bond acceptors (Lipinski definition) is 3. The normalized spacial score (nSPS) is 13.5. The molecule has 0 unspecified atom stereocenters. The van der Waals surface area contributed by atoms with Crippen LogP contribution in [-0.2, 0) is 11.3 Å². The summed E-state index contributed by atoms with van der Waals surface area (Å²) in [5, 5.41) is 10.1. The number of carbonyl (C=O) groups is 1. The second-order valence-corrected chi connectivity index (χ2v) is 5.32. The number of thioether (sulfide) groups is 1. The number of rotatable bonds is 3. The number of benzene rings is 1. The van der Waals surface area contributed by atoms with Gasteiger partial charge in [0.2, 0.25) is 0 Å². The Labute approximate surface area is 114 Å². The SMILES string of the molecule is COc1ccc2c(c1)c1c(n2CC(=O)O)C=CCS1. The zero-order valence-electron chi connectivity index (χ0n) is 10.4. The molecule has 0 saturated carbocycles. The van der Waals surface area contributed by atoms with E-state index in [1.807, 2.05) is 28.8 Å². The fraction of sp³-hybridized carbons (Fsp3) is 0.214. The minimum absolute atomic E-state index is 0.0247. The van der Waals surface area contributed by atoms with E-state index in [4.69, 9.17) is 9.84 Å². The monoisotopic (exact) mass is 275 g/mol. The van der Waals surface area contributed by atoms with E-state index in [2.05, 4.69) is 6.08 Å². The van der Waals surface area contributed by atoms with Crippen LogP contribution in [0, 0.1) is 0 Å². The van der Waals surface area contributed by atoms with Gasteiger partial charge in [-0.3, -0.25) is 4.79 Å². The number of aromatic nitrogens is 1. The first-order valence-electron chi connectivity index (χ1n) is 5.92. The van der Waals surface area contributed by atoms with E-state index in [1.165, 1.54) is 0 Å². The molecule has 0 fully saturated rings. The van der Waals surface area contributed by atoms with Crippen LogP contribution in [0.3, 0.4) is 0 Å². The quantitative estimate of drug-likeness (QED) is 0.935. The van der Waals surface area contributed by atoms with Gasteiger partial charge in [-0.2, -0.15) is 0 Å². The van der Waals surface area contributed by atoms with Crippen LogP contribution < -0.4 is 4.74 Å². The van der Waals surface area contributed by atoms with Gasteiger partial charge in [-0.15, -0.1) is 11.8 Å². The average Bonchev–Trinajstić information content (AvgIpc) is 2.73. The first kappa shape index (κ1) is 12.2. The van der Waals surface area contributed by atoms with E-state index in [0.717, 1.165) is 33.0 Å². The highest BCUT2D eigenvalue weighted by Crippen LogP contribution is 2.39. The summed E-state index contributed by atoms with van der Waals surface area (Å²) in [6, 6.07) is 5.75. The zero-order chi connectivity index (χ0) is 13.4. The largest absolute Gasteiger partial charge is 0.497 e. The third kappa shape index (κ3) is 2.00. The maximum absolute atomic E-state index is 11.0. The highest BCUT2D eigenvalue weighted by molar-refractivity contribution is 7.99. The summed E-state index contributed by atoms with van der Waals surface area (Å²) in [6.07, 6.45) is 4.06. The molecule has 1 aliphatic rings. The van der Waals surface area contributed by atoms with Gasteiger partial charge < -0.3 is 14.4 Å². The van der Waals surface area contributed by atoms with Gasteiger partial charge >= 0.3 is 5.97 Å². The van der Waals surface area contributed by atoms with Crippen molar-refractivity contribution in [3.05, 3.63) is 30.0 Å². The van der Waals surface area contributed by atoms with Gasteiger partial charge in [-0.05, 0) is 24.3 Å². The molecule has 98 valence electrons. The third-order valence-corrected chi connectivity index (χ3v) is 4.23. The second kappa shape index (κ2) is 4.66. The summed E-state index contributed by atoms with van der Waals surface area (Å²) in [6.45, 7) is -0.0247. The van der Waals surface area contributed by atoms with Crippen molar-refractivity contribution in [3.63, 3.8) is 0 Å². The van der Waals surface area contributed by atoms with Gasteiger partial charge in [0, 0.05) is 16.0 Å². The Morgan fingerprint density at radius 1 is 1.53 bits per heavy atom. The fourth-order valence-corrected chi connectivity index (χ4v) is 3.37. The average molecular weight is 275 g/mol. The molecule has 0 saturated heterocycles. The zero-order valence-corrected chi connectivity index (χ0v) is 11.2. The van der Waals surface area contributed by atoms with Crippen molar-refractivity contribution in [3.8, 4) is 5.75 Å². The van der Waals surface area contributed by atoms with Crippen molar-refractivity contribution in [1.29, 1.82) is 0 Å². The molecule has 2 heterocycles. The van der Waals surface area contributed by atoms with Crippen LogP contribution in [0.5, 0.6) is 5.75 Å². The fourth-order valence-electron chi connectivity index (χ4n) is 2.36. The molecular formula is C14H13NO3S. The van der Waals surface area contributed by atoms with Crippen LogP contribution in [-0.4, -0.2) is 28.5 Å². The maximum Gasteiger partial charge on any atom is 0.323 e. The molecule has 0 atom stereocenters. The lowest BCUT2D eigenvalue weighted by Crippen LogP contribution is -2.10. The molecule has 1 N–H and O–H groups in total. The van der Waals surface area contributed by atoms with Crippen LogP contribution in [0.25, 0.3) is 17.0 Å². The smallest absolute Gasteiger partial charge is 0.323 e. The Kier molecular flexibility index (Phi) is 2.98. The van der Waals surface area contributed by atoms with Crippen molar-refractivity contribution < 1.29 is 14.6 Å². The van der Waals surface area contributed by atoms with Gasteiger partial charge in [-0.25, -0.2) is 0 Å². The van der Waals surface area contributed by atoms with Crippen molar-refractivity contribution in [2.24, 2.45) is 0 Å². The van der Waals surface area contributed by atoms with Crippen LogP contribution in [0.15, 0.2) is 29.2 Å². The Morgan fingerprint density at radius 3 is 3.11 bits per heavy atom. The highest BCUT2D eigenvalue weighted by atomic mass is 32.2. The Bertz CT molecular complexity index is 688. The van der Waals surface area contributed by atoms with E-state index >= 15 is 0 Å². The topological polar surface area (TPSA) is 51.5 Å². The Hall–Kier alpha value is -1.88. The molecule has 0 spiro atoms. The summed E-state index contributed by atoms with van der Waals surface area (Å²) < 4.78 is 7.09. The summed E-state index contributed by atoms with van der Waals surface area (Å²) >= 11 is 1.73. The van der Waals surface area contributed by atoms with Gasteiger partial charge in [0.1, 0.15) is 12.3 Å². The molecule has 2 aromatic rings. The predicted octanol–water partition coefficient (Wildman–Crippen LogP) is 2.85. The van der Waals surface area contributed by atoms with E-state index in [1.54, 1.807) is 18.9 Å². The molecule has 0 aliphatic carbocycles. The minimum atomic E-state index is -0.834. The maximum atomic E-state index is 11.0. The van der Waals surface area contributed by atoms with Crippen molar-refractivity contribution >= 4 is 34.7 Å². The summed E-state index contributed by atoms with van der Waals surface area (Å²) in [5.74, 6) is 0.869. The van der Waals surface area contributed by atoms with Gasteiger partial charge in [0.15, 0.2) is 0 Å². The molecular weight excluding hydrogens is 262 g/mol. The Balaban J connectivity index is 2.29. The molecule has 1 aromatic carbocycles. The number of methoxy groups -OCH3 is 1. The Morgan fingerprint density at radius 2 is 2.37 bits per heavy atom. The van der Waals surface area contributed by atoms with E-state index in [-0.39, 0.29) is 6.54 Å². The van der Waals surface area contributed by atoms with Crippen LogP contribution in [0.2, 0.25) is 0 Å². The molecule has 3 rings (SSSR count). The lowest BCUT2D eigenvalue weighted by molar-refractivity contribution is -0.137. The molecule has 0 radical (unpaired) electrons. The van der Waals surface area contributed by atoms with Crippen LogP contribution >= 0.6 is 11.8 Å². The van der Waals surface area contributed by atoms with Crippen molar-refractivity contribution in [2.75, 3.05) is 12.9 Å². The lowest BCUT2D eigenvalue weighted by Gasteiger charge is -2.08.